The second kappa shape index (κ2) is 12.1. The second-order valence-corrected chi connectivity index (χ2v) is 13.8. The first-order valence-electron chi connectivity index (χ1n) is 14.7. The summed E-state index contributed by atoms with van der Waals surface area (Å²) in [5, 5.41) is 14.8. The number of carbonyl (C=O) groups excluding carboxylic acids is 1. The van der Waals surface area contributed by atoms with Crippen molar-refractivity contribution in [3.63, 3.8) is 0 Å². The van der Waals surface area contributed by atoms with Crippen molar-refractivity contribution < 1.29 is 18.8 Å². The minimum atomic E-state index is -0.599. The Bertz CT molecular complexity index is 1510. The van der Waals surface area contributed by atoms with Gasteiger partial charge in [-0.05, 0) is 73.2 Å². The number of nitrogen functional groups attached to an aromatic ring is 1. The Morgan fingerprint density at radius 1 is 1.23 bits per heavy atom. The van der Waals surface area contributed by atoms with Gasteiger partial charge in [0.2, 0.25) is 11.7 Å². The lowest BCUT2D eigenvalue weighted by Gasteiger charge is -2.37. The van der Waals surface area contributed by atoms with Gasteiger partial charge in [0.15, 0.2) is 0 Å². The van der Waals surface area contributed by atoms with Crippen LogP contribution in [0.5, 0.6) is 5.75 Å². The van der Waals surface area contributed by atoms with Crippen LogP contribution in [0.2, 0.25) is 0 Å². The summed E-state index contributed by atoms with van der Waals surface area (Å²) in [5.41, 5.74) is 8.25. The molecule has 2 aromatic heterocycles. The van der Waals surface area contributed by atoms with Crippen LogP contribution in [0.3, 0.4) is 0 Å². The summed E-state index contributed by atoms with van der Waals surface area (Å²) in [6, 6.07) is 8.29. The molecule has 5 rings (SSSR count). The summed E-state index contributed by atoms with van der Waals surface area (Å²) in [7, 11) is 4.01. The van der Waals surface area contributed by atoms with Crippen LogP contribution in [-0.4, -0.2) is 85.1 Å². The lowest BCUT2D eigenvalue weighted by molar-refractivity contribution is 0.0240. The number of carbonyl (C=O) groups is 1. The molecule has 1 aliphatic heterocycles. The number of aromatic nitrogens is 2. The zero-order valence-electron chi connectivity index (χ0n) is 25.9. The minimum Gasteiger partial charge on any atom is -0.492 e. The maximum atomic E-state index is 12.6. The monoisotopic (exact) mass is 607 g/mol. The molecular formula is C31H41N7O4S. The molecule has 43 heavy (non-hydrogen) atoms. The molecule has 1 atom stereocenters. The number of hydrogen-bond acceptors (Lipinski definition) is 11. The molecule has 230 valence electrons. The van der Waals surface area contributed by atoms with E-state index in [9.17, 15) is 10.1 Å². The van der Waals surface area contributed by atoms with Gasteiger partial charge in [-0.3, -0.25) is 0 Å². The van der Waals surface area contributed by atoms with E-state index in [1.165, 1.54) is 11.3 Å². The van der Waals surface area contributed by atoms with Crippen LogP contribution >= 0.6 is 11.3 Å². The number of fused-ring (bicyclic) bond motifs is 1. The highest BCUT2D eigenvalue weighted by Crippen LogP contribution is 2.48. The van der Waals surface area contributed by atoms with Gasteiger partial charge < -0.3 is 34.4 Å². The molecule has 11 nitrogen and oxygen atoms in total. The Labute approximate surface area is 257 Å². The molecule has 0 radical (unpaired) electrons. The smallest absolute Gasteiger partial charge is 0.410 e. The molecule has 3 aromatic rings. The molecule has 1 aromatic carbocycles. The van der Waals surface area contributed by atoms with Gasteiger partial charge >= 0.3 is 6.09 Å². The molecule has 1 fully saturated rings. The number of nitriles is 1. The van der Waals surface area contributed by atoms with Crippen LogP contribution < -0.4 is 15.4 Å². The van der Waals surface area contributed by atoms with E-state index in [1.54, 1.807) is 4.90 Å². The fourth-order valence-corrected chi connectivity index (χ4v) is 6.86. The number of thiophene rings is 1. The van der Waals surface area contributed by atoms with Crippen molar-refractivity contribution in [3.05, 3.63) is 40.1 Å². The Morgan fingerprint density at radius 3 is 2.65 bits per heavy atom. The fourth-order valence-electron chi connectivity index (χ4n) is 5.67. The number of nitrogens with two attached hydrogens (primary N) is 1. The molecule has 0 bridgehead atoms. The van der Waals surface area contributed by atoms with E-state index in [0.717, 1.165) is 47.5 Å². The summed E-state index contributed by atoms with van der Waals surface area (Å²) >= 11 is 1.48. The van der Waals surface area contributed by atoms with Crippen molar-refractivity contribution in [3.8, 4) is 23.2 Å². The molecule has 1 amide bonds. The van der Waals surface area contributed by atoms with Crippen molar-refractivity contribution in [1.29, 1.82) is 5.26 Å². The predicted molar refractivity (Wildman–Crippen MR) is 167 cm³/mol. The highest BCUT2D eigenvalue weighted by molar-refractivity contribution is 7.16. The average Bonchev–Trinajstić information content (AvgIpc) is 3.57. The largest absolute Gasteiger partial charge is 0.492 e. The molecule has 0 saturated carbocycles. The second-order valence-electron chi connectivity index (χ2n) is 12.7. The van der Waals surface area contributed by atoms with Crippen LogP contribution in [0, 0.1) is 11.3 Å². The number of hydrogen-bond donors (Lipinski definition) is 1. The number of anilines is 2. The molecule has 2 N–H and O–H groups in total. The van der Waals surface area contributed by atoms with Crippen molar-refractivity contribution in [2.24, 2.45) is 0 Å². The molecule has 0 spiro atoms. The predicted octanol–water partition coefficient (Wildman–Crippen LogP) is 4.89. The summed E-state index contributed by atoms with van der Waals surface area (Å²) in [5.74, 6) is 1.64. The first-order valence-corrected chi connectivity index (χ1v) is 15.5. The van der Waals surface area contributed by atoms with Gasteiger partial charge in [0.1, 0.15) is 29.0 Å². The Kier molecular flexibility index (Phi) is 8.58. The third-order valence-electron chi connectivity index (χ3n) is 7.90. The number of aryl methyl sites for hydroxylation is 1. The first-order chi connectivity index (χ1) is 20.4. The van der Waals surface area contributed by atoms with E-state index in [2.05, 4.69) is 27.9 Å². The van der Waals surface area contributed by atoms with E-state index in [0.29, 0.717) is 60.8 Å². The molecule has 3 heterocycles. The van der Waals surface area contributed by atoms with Gasteiger partial charge in [0, 0.05) is 60.5 Å². The van der Waals surface area contributed by atoms with E-state index >= 15 is 0 Å². The van der Waals surface area contributed by atoms with E-state index in [1.807, 2.05) is 53.1 Å². The van der Waals surface area contributed by atoms with E-state index in [4.69, 9.17) is 24.7 Å². The number of rotatable bonds is 7. The summed E-state index contributed by atoms with van der Waals surface area (Å²) in [6.07, 6.45) is 2.33. The van der Waals surface area contributed by atoms with Crippen LogP contribution in [0.4, 0.5) is 15.5 Å². The third kappa shape index (κ3) is 6.58. The van der Waals surface area contributed by atoms with Crippen LogP contribution in [0.15, 0.2) is 22.7 Å². The SMILES string of the molecule is CN(C)CCOc1cc(-c2noc(C3(C)CCCc4sc(N)c(C#N)c43)n2)cc(N2CCN(C(=O)OC(C)(C)C)CC2)c1. The van der Waals surface area contributed by atoms with Crippen LogP contribution in [0.1, 0.15) is 62.4 Å². The molecule has 1 saturated heterocycles. The van der Waals surface area contributed by atoms with Crippen LogP contribution in [0.25, 0.3) is 11.4 Å². The quantitative estimate of drug-likeness (QED) is 0.396. The zero-order chi connectivity index (χ0) is 30.9. The van der Waals surface area contributed by atoms with Gasteiger partial charge in [0.25, 0.3) is 0 Å². The number of piperazine rings is 1. The number of likely N-dealkylation sites (N-methyl/N-ethyl adjacent to an activating group) is 1. The van der Waals surface area contributed by atoms with Crippen molar-refractivity contribution >= 4 is 28.1 Å². The van der Waals surface area contributed by atoms with Gasteiger partial charge in [0.05, 0.1) is 11.0 Å². The zero-order valence-corrected chi connectivity index (χ0v) is 26.7. The third-order valence-corrected chi connectivity index (χ3v) is 8.98. The Morgan fingerprint density at radius 2 is 1.98 bits per heavy atom. The standard InChI is InChI=1S/C31H41N7O4S/c1-30(2,3)41-29(39)38-12-10-37(11-13-38)21-16-20(17-22(18-21)40-15-14-36(5)6)27-34-28(42-35-27)31(4)9-7-8-24-25(31)23(19-32)26(33)43-24/h16-18H,7-15,33H2,1-6H3. The highest BCUT2D eigenvalue weighted by Gasteiger charge is 2.43. The first kappa shape index (κ1) is 30.6. The number of nitrogens with zero attached hydrogens (tertiary/aromatic N) is 6. The van der Waals surface area contributed by atoms with Crippen molar-refractivity contribution in [2.45, 2.75) is 58.0 Å². The fraction of sp³-hybridized carbons (Fsp3) is 0.548. The molecule has 2 aliphatic rings. The average molecular weight is 608 g/mol. The lowest BCUT2D eigenvalue weighted by Crippen LogP contribution is -2.50. The Hall–Kier alpha value is -3.82. The highest BCUT2D eigenvalue weighted by atomic mass is 32.1. The maximum absolute atomic E-state index is 12.6. The summed E-state index contributed by atoms with van der Waals surface area (Å²) < 4.78 is 17.6. The van der Waals surface area contributed by atoms with E-state index in [-0.39, 0.29) is 6.09 Å². The number of ether oxygens (including phenoxy) is 2. The number of benzene rings is 1. The maximum Gasteiger partial charge on any atom is 0.410 e. The van der Waals surface area contributed by atoms with Crippen LogP contribution in [-0.2, 0) is 16.6 Å². The minimum absolute atomic E-state index is 0.292. The normalized spacial score (nSPS) is 18.8. The van der Waals surface area contributed by atoms with Gasteiger partial charge in [-0.25, -0.2) is 4.79 Å². The molecule has 12 heteroatoms. The molecule has 1 aliphatic carbocycles. The molecular weight excluding hydrogens is 566 g/mol. The van der Waals surface area contributed by atoms with Gasteiger partial charge in [-0.2, -0.15) is 10.2 Å². The topological polar surface area (TPSA) is 134 Å². The summed E-state index contributed by atoms with van der Waals surface area (Å²) in [6.45, 7) is 11.4. The van der Waals surface area contributed by atoms with Gasteiger partial charge in [-0.15, -0.1) is 11.3 Å². The Balaban J connectivity index is 1.43. The van der Waals surface area contributed by atoms with Crippen molar-refractivity contribution in [1.82, 2.24) is 19.9 Å². The van der Waals surface area contributed by atoms with Gasteiger partial charge in [-0.1, -0.05) is 5.16 Å². The van der Waals surface area contributed by atoms with E-state index < -0.39 is 11.0 Å². The number of amides is 1. The van der Waals surface area contributed by atoms with Crippen molar-refractivity contribution in [2.75, 3.05) is 64.1 Å². The summed E-state index contributed by atoms with van der Waals surface area (Å²) in [4.78, 5) is 24.7. The molecule has 1 unspecified atom stereocenters. The lowest BCUT2D eigenvalue weighted by atomic mass is 9.72.